The van der Waals surface area contributed by atoms with Crippen LogP contribution in [-0.4, -0.2) is 52.6 Å². The summed E-state index contributed by atoms with van der Waals surface area (Å²) < 4.78 is 34.6. The molecule has 3 aromatic rings. The smallest absolute Gasteiger partial charge is 0.250 e. The molecule has 2 aliphatic rings. The Bertz CT molecular complexity index is 1180. The van der Waals surface area contributed by atoms with Gasteiger partial charge in [-0.15, -0.1) is 0 Å². The number of halogens is 2. The molecule has 2 heterocycles. The van der Waals surface area contributed by atoms with Crippen molar-refractivity contribution in [1.29, 1.82) is 0 Å². The van der Waals surface area contributed by atoms with E-state index in [1.54, 1.807) is 4.68 Å². The number of carbonyl (C=O) groups is 1. The van der Waals surface area contributed by atoms with Crippen molar-refractivity contribution in [2.45, 2.75) is 38.0 Å². The molecule has 1 aliphatic carbocycles. The van der Waals surface area contributed by atoms with Crippen LogP contribution in [-0.2, 0) is 19.9 Å². The summed E-state index contributed by atoms with van der Waals surface area (Å²) in [6.07, 6.45) is 5.99. The topological polar surface area (TPSA) is 47.4 Å². The van der Waals surface area contributed by atoms with Gasteiger partial charge >= 0.3 is 0 Å². The van der Waals surface area contributed by atoms with E-state index in [0.29, 0.717) is 44.0 Å². The van der Waals surface area contributed by atoms with Crippen molar-refractivity contribution in [2.24, 2.45) is 13.0 Å². The molecule has 1 atom stereocenters. The van der Waals surface area contributed by atoms with E-state index in [4.69, 9.17) is 4.74 Å². The number of Topliss-reactive ketones (excluding diaryl/α,β-unsaturated/α-hetero) is 1. The normalized spacial score (nSPS) is 20.0. The first-order valence-corrected chi connectivity index (χ1v) is 12.3. The molecule has 2 aromatic carbocycles. The number of alkyl halides is 2. The fraction of sp³-hybridized carbons (Fsp3) is 0.429. The lowest BCUT2D eigenvalue weighted by atomic mass is 9.79. The van der Waals surface area contributed by atoms with Crippen LogP contribution in [0.15, 0.2) is 54.9 Å². The Morgan fingerprint density at radius 2 is 1.86 bits per heavy atom. The molecule has 1 aliphatic heterocycles. The molecule has 0 amide bonds. The van der Waals surface area contributed by atoms with Crippen molar-refractivity contribution >= 4 is 5.78 Å². The molecule has 5 nitrogen and oxygen atoms in total. The standard InChI is InChI=1S/C28H31F2N3O2/c1-32-19-24(18-31-32)21-7-5-20(6-8-21)17-23-10-9-22-3-2-4-25(26(22)27(23)34)35-16-15-33-13-11-28(29,30)12-14-33/h2-8,18-19,23H,9-17H2,1H3. The lowest BCUT2D eigenvalue weighted by Gasteiger charge is -2.31. The second kappa shape index (κ2) is 9.90. The average molecular weight is 480 g/mol. The third-order valence-electron chi connectivity index (χ3n) is 7.22. The van der Waals surface area contributed by atoms with Gasteiger partial charge in [0.1, 0.15) is 12.4 Å². The zero-order valence-electron chi connectivity index (χ0n) is 20.1. The Morgan fingerprint density at radius 3 is 2.57 bits per heavy atom. The Kier molecular flexibility index (Phi) is 6.69. The van der Waals surface area contributed by atoms with Gasteiger partial charge in [0, 0.05) is 57.2 Å². The predicted molar refractivity (Wildman–Crippen MR) is 131 cm³/mol. The van der Waals surface area contributed by atoms with Crippen LogP contribution in [0.5, 0.6) is 5.75 Å². The van der Waals surface area contributed by atoms with Gasteiger partial charge < -0.3 is 4.74 Å². The number of fused-ring (bicyclic) bond motifs is 1. The van der Waals surface area contributed by atoms with E-state index < -0.39 is 5.92 Å². The van der Waals surface area contributed by atoms with Crippen LogP contribution < -0.4 is 4.74 Å². The van der Waals surface area contributed by atoms with Gasteiger partial charge in [-0.2, -0.15) is 5.10 Å². The highest BCUT2D eigenvalue weighted by molar-refractivity contribution is 6.02. The maximum absolute atomic E-state index is 13.5. The second-order valence-corrected chi connectivity index (χ2v) is 9.74. The van der Waals surface area contributed by atoms with Gasteiger partial charge in [-0.05, 0) is 42.0 Å². The van der Waals surface area contributed by atoms with Gasteiger partial charge in [0.05, 0.1) is 11.8 Å². The minimum Gasteiger partial charge on any atom is -0.491 e. The fourth-order valence-electron chi connectivity index (χ4n) is 5.12. The van der Waals surface area contributed by atoms with Crippen molar-refractivity contribution in [2.75, 3.05) is 26.2 Å². The monoisotopic (exact) mass is 479 g/mol. The number of hydrogen-bond acceptors (Lipinski definition) is 4. The van der Waals surface area contributed by atoms with Crippen LogP contribution in [0.25, 0.3) is 11.1 Å². The lowest BCUT2D eigenvalue weighted by molar-refractivity contribution is -0.0564. The number of benzene rings is 2. The molecule has 0 spiro atoms. The molecule has 1 unspecified atom stereocenters. The van der Waals surface area contributed by atoms with Crippen molar-refractivity contribution < 1.29 is 18.3 Å². The molecule has 5 rings (SSSR count). The molecule has 0 bridgehead atoms. The number of rotatable bonds is 7. The minimum atomic E-state index is -2.55. The van der Waals surface area contributed by atoms with Crippen molar-refractivity contribution in [3.05, 3.63) is 71.5 Å². The summed E-state index contributed by atoms with van der Waals surface area (Å²) in [7, 11) is 1.90. The molecule has 184 valence electrons. The van der Waals surface area contributed by atoms with Crippen molar-refractivity contribution in [3.63, 3.8) is 0 Å². The number of likely N-dealkylation sites (tertiary alicyclic amines) is 1. The third kappa shape index (κ3) is 5.45. The molecule has 35 heavy (non-hydrogen) atoms. The molecule has 1 saturated heterocycles. The van der Waals surface area contributed by atoms with E-state index >= 15 is 0 Å². The van der Waals surface area contributed by atoms with Crippen LogP contribution in [0.2, 0.25) is 0 Å². The first-order valence-electron chi connectivity index (χ1n) is 12.3. The molecule has 1 fully saturated rings. The highest BCUT2D eigenvalue weighted by Gasteiger charge is 2.34. The summed E-state index contributed by atoms with van der Waals surface area (Å²) in [6.45, 7) is 1.73. The number of nitrogens with zero attached hydrogens (tertiary/aromatic N) is 3. The van der Waals surface area contributed by atoms with E-state index in [2.05, 4.69) is 29.4 Å². The number of hydrogen-bond donors (Lipinski definition) is 0. The predicted octanol–water partition coefficient (Wildman–Crippen LogP) is 5.18. The number of piperidine rings is 1. The zero-order chi connectivity index (χ0) is 24.4. The molecule has 0 N–H and O–H groups in total. The summed E-state index contributed by atoms with van der Waals surface area (Å²) in [5, 5.41) is 4.23. The Morgan fingerprint density at radius 1 is 1.09 bits per heavy atom. The lowest BCUT2D eigenvalue weighted by Crippen LogP contribution is -2.41. The third-order valence-corrected chi connectivity index (χ3v) is 7.22. The summed E-state index contributed by atoms with van der Waals surface area (Å²) in [6, 6.07) is 14.1. The largest absolute Gasteiger partial charge is 0.491 e. The van der Waals surface area contributed by atoms with Gasteiger partial charge in [-0.3, -0.25) is 14.4 Å². The van der Waals surface area contributed by atoms with Crippen LogP contribution in [0.1, 0.15) is 40.7 Å². The highest BCUT2D eigenvalue weighted by Crippen LogP contribution is 2.34. The van der Waals surface area contributed by atoms with E-state index in [0.717, 1.165) is 35.1 Å². The molecule has 0 radical (unpaired) electrons. The second-order valence-electron chi connectivity index (χ2n) is 9.74. The van der Waals surface area contributed by atoms with Crippen LogP contribution in [0.3, 0.4) is 0 Å². The van der Waals surface area contributed by atoms with Crippen LogP contribution >= 0.6 is 0 Å². The van der Waals surface area contributed by atoms with Gasteiger partial charge in [-0.25, -0.2) is 8.78 Å². The first kappa shape index (κ1) is 23.7. The first-order chi connectivity index (χ1) is 16.9. The Labute approximate surface area is 204 Å². The number of carbonyl (C=O) groups excluding carboxylic acids is 1. The summed E-state index contributed by atoms with van der Waals surface area (Å²) in [5.41, 5.74) is 5.05. The maximum atomic E-state index is 13.5. The molecular formula is C28H31F2N3O2. The van der Waals surface area contributed by atoms with Gasteiger partial charge in [0.15, 0.2) is 5.78 Å². The van der Waals surface area contributed by atoms with E-state index in [9.17, 15) is 13.6 Å². The fourth-order valence-corrected chi connectivity index (χ4v) is 5.12. The van der Waals surface area contributed by atoms with Crippen molar-refractivity contribution in [3.8, 4) is 16.9 Å². The summed E-state index contributed by atoms with van der Waals surface area (Å²) in [4.78, 5) is 15.5. The highest BCUT2D eigenvalue weighted by atomic mass is 19.3. The number of ketones is 1. The van der Waals surface area contributed by atoms with Gasteiger partial charge in [0.2, 0.25) is 0 Å². The molecule has 1 aromatic heterocycles. The average Bonchev–Trinajstić information content (AvgIpc) is 3.29. The zero-order valence-corrected chi connectivity index (χ0v) is 20.1. The van der Waals surface area contributed by atoms with Crippen molar-refractivity contribution in [1.82, 2.24) is 14.7 Å². The quantitative estimate of drug-likeness (QED) is 0.468. The SMILES string of the molecule is Cn1cc(-c2ccc(CC3CCc4cccc(OCCN5CCC(F)(F)CC5)c4C3=O)cc2)cn1. The minimum absolute atomic E-state index is 0.0826. The number of ether oxygens (including phenoxy) is 1. The summed E-state index contributed by atoms with van der Waals surface area (Å²) >= 11 is 0. The van der Waals surface area contributed by atoms with Crippen LogP contribution in [0.4, 0.5) is 8.78 Å². The van der Waals surface area contributed by atoms with E-state index in [1.807, 2.05) is 42.5 Å². The van der Waals surface area contributed by atoms with Gasteiger partial charge in [0.25, 0.3) is 5.92 Å². The Hall–Kier alpha value is -3.06. The maximum Gasteiger partial charge on any atom is 0.250 e. The molecular weight excluding hydrogens is 448 g/mol. The van der Waals surface area contributed by atoms with Crippen LogP contribution in [0, 0.1) is 5.92 Å². The molecule has 7 heteroatoms. The van der Waals surface area contributed by atoms with E-state index in [1.165, 1.54) is 0 Å². The van der Waals surface area contributed by atoms with E-state index in [-0.39, 0.29) is 24.5 Å². The Balaban J connectivity index is 1.22. The summed E-state index contributed by atoms with van der Waals surface area (Å²) in [5.74, 6) is -1.88. The molecule has 0 saturated carbocycles. The number of aromatic nitrogens is 2. The number of aryl methyl sites for hydroxylation is 2. The van der Waals surface area contributed by atoms with Gasteiger partial charge in [-0.1, -0.05) is 36.4 Å².